The molecule has 6 fully saturated rings. The van der Waals surface area contributed by atoms with Gasteiger partial charge < -0.3 is 21.1 Å². The Kier molecular flexibility index (Phi) is 17.9. The summed E-state index contributed by atoms with van der Waals surface area (Å²) < 4.78 is 7.07. The quantitative estimate of drug-likeness (QED) is 0.0736. The largest absolute Gasteiger partial charge is 0.389 e. The van der Waals surface area contributed by atoms with Gasteiger partial charge in [-0.15, -0.1) is 0 Å². The van der Waals surface area contributed by atoms with Crippen LogP contribution in [0.5, 0.6) is 0 Å². The smallest absolute Gasteiger partial charge is 0.262 e. The number of carbonyl (C=O) groups excluding carboxylic acids is 4. The monoisotopic (exact) mass is 1800 g/mol. The highest BCUT2D eigenvalue weighted by molar-refractivity contribution is 9.11. The number of benzene rings is 8. The molecule has 0 saturated heterocycles. The molecule has 24 heteroatoms. The van der Waals surface area contributed by atoms with Gasteiger partial charge in [0, 0.05) is 105 Å². The Hall–Kier alpha value is -13.1. The Labute approximate surface area is 745 Å². The van der Waals surface area contributed by atoms with E-state index in [2.05, 4.69) is 136 Å². The van der Waals surface area contributed by atoms with E-state index in [-0.39, 0.29) is 35.5 Å². The molecule has 0 spiro atoms. The Morgan fingerprint density at radius 1 is 0.339 bits per heavy atom. The van der Waals surface area contributed by atoms with Crippen LogP contribution in [0.25, 0.3) is 117 Å². The number of pyridine rings is 3. The molecule has 0 bridgehead atoms. The van der Waals surface area contributed by atoms with E-state index in [4.69, 9.17) is 25.8 Å². The molecular weight excluding hydrogens is 1720 g/mol. The van der Waals surface area contributed by atoms with Gasteiger partial charge in [0.15, 0.2) is 33.9 Å². The first-order valence-electron chi connectivity index (χ1n) is 43.2. The molecule has 11 heterocycles. The molecule has 626 valence electrons. The molecule has 17 aromatic rings. The summed E-state index contributed by atoms with van der Waals surface area (Å²) in [6, 6.07) is 77.2. The van der Waals surface area contributed by atoms with Crippen LogP contribution >= 0.6 is 31.9 Å². The number of fused-ring (bicyclic) bond motifs is 11. The summed E-state index contributed by atoms with van der Waals surface area (Å²) in [5.74, 6) is -0.345. The minimum absolute atomic E-state index is 0.211. The topological polar surface area (TPSA) is 291 Å². The van der Waals surface area contributed by atoms with Crippen LogP contribution in [-0.2, 0) is 16.6 Å². The maximum Gasteiger partial charge on any atom is 0.262 e. The summed E-state index contributed by atoms with van der Waals surface area (Å²) >= 11 is 7.22. The number of aliphatic hydroxyl groups is 3. The molecule has 0 radical (unpaired) electrons. The van der Waals surface area contributed by atoms with Crippen LogP contribution in [0.2, 0.25) is 0 Å². The molecule has 2 aliphatic heterocycles. The fourth-order valence-corrected chi connectivity index (χ4v) is 21.7. The fourth-order valence-electron chi connectivity index (χ4n) is 21.0. The maximum atomic E-state index is 13.8. The van der Waals surface area contributed by atoms with Gasteiger partial charge in [0.1, 0.15) is 0 Å². The summed E-state index contributed by atoms with van der Waals surface area (Å²) in [6.45, 7) is 5.82. The van der Waals surface area contributed by atoms with Crippen molar-refractivity contribution in [1.82, 2.24) is 68.5 Å². The minimum Gasteiger partial charge on any atom is -0.389 e. The third kappa shape index (κ3) is 12.7. The first-order valence-corrected chi connectivity index (χ1v) is 44.8. The third-order valence-electron chi connectivity index (χ3n) is 27.9. The average Bonchev–Trinajstić information content (AvgIpc) is 1.58. The number of carbonyl (C=O) groups is 4. The lowest BCUT2D eigenvalue weighted by Gasteiger charge is -2.57. The summed E-state index contributed by atoms with van der Waals surface area (Å²) in [5, 5.41) is 50.6. The predicted octanol–water partition coefficient (Wildman–Crippen LogP) is 19.2. The normalized spacial score (nSPS) is 22.9. The van der Waals surface area contributed by atoms with E-state index in [1.54, 1.807) is 57.6 Å². The van der Waals surface area contributed by atoms with Gasteiger partial charge in [0.05, 0.1) is 93.2 Å². The lowest BCUT2D eigenvalue weighted by Crippen LogP contribution is -2.65. The minimum atomic E-state index is -0.932. The first-order chi connectivity index (χ1) is 61.5. The van der Waals surface area contributed by atoms with Crippen molar-refractivity contribution in [3.05, 3.63) is 320 Å². The number of rotatable bonds is 14. The number of imide groups is 2. The van der Waals surface area contributed by atoms with Gasteiger partial charge in [-0.1, -0.05) is 188 Å². The second-order valence-electron chi connectivity index (χ2n) is 36.2. The number of aromatic nitrogens is 12. The highest BCUT2D eigenvalue weighted by atomic mass is 79.9. The van der Waals surface area contributed by atoms with Gasteiger partial charge in [0.2, 0.25) is 0 Å². The molecule has 5 N–H and O–H groups in total. The van der Waals surface area contributed by atoms with E-state index in [1.165, 1.54) is 9.80 Å². The molecule has 25 rings (SSSR count). The zero-order valence-corrected chi connectivity index (χ0v) is 72.7. The van der Waals surface area contributed by atoms with Crippen molar-refractivity contribution in [3.63, 3.8) is 0 Å². The molecule has 127 heavy (non-hydrogen) atoms. The van der Waals surface area contributed by atoms with Crippen LogP contribution in [0.15, 0.2) is 264 Å². The molecule has 4 amide bonds. The van der Waals surface area contributed by atoms with Crippen LogP contribution in [-0.4, -0.2) is 124 Å². The van der Waals surface area contributed by atoms with E-state index < -0.39 is 33.4 Å². The van der Waals surface area contributed by atoms with Crippen LogP contribution in [0.1, 0.15) is 152 Å². The average molecular weight is 1800 g/mol. The molecule has 0 atom stereocenters. The van der Waals surface area contributed by atoms with Crippen molar-refractivity contribution < 1.29 is 34.5 Å². The highest BCUT2D eigenvalue weighted by Gasteiger charge is 2.68. The maximum absolute atomic E-state index is 13.8. The van der Waals surface area contributed by atoms with Crippen LogP contribution in [0.4, 0.5) is 0 Å². The summed E-state index contributed by atoms with van der Waals surface area (Å²) in [5.41, 5.74) is 24.7. The SMILES string of the molecule is Cc1cc2ncc3cc(-c4ccccc4)c(-c4ccc(C5(N6C(=O)c7ccccc7C6=O)CC(O)(C6CC6)C5)cc4)nc3n2n1.Cc1nn2c(ncc3cc(-c4ccccc4)c(-c4ccc(C5(N)CC(O)(C6CC6)C5)cc4)nc32)c1Br.Cc1nn2c(ncc3cc(-c4ccccc4)c(-c4ccc(C5(N6C(=O)c7ccccc7C6=O)CC(O)(C6CC6)C5)cc4)nc32)c1Br. The summed E-state index contributed by atoms with van der Waals surface area (Å²) in [4.78, 5) is 87.2. The lowest BCUT2D eigenvalue weighted by atomic mass is 9.58. The lowest BCUT2D eigenvalue weighted by molar-refractivity contribution is -0.144. The number of halogens is 2. The molecular formula is C103H83Br2N15O7. The van der Waals surface area contributed by atoms with E-state index >= 15 is 0 Å². The Morgan fingerprint density at radius 3 is 0.984 bits per heavy atom. The molecule has 6 aliphatic carbocycles. The molecule has 0 unspecified atom stereocenters. The second-order valence-corrected chi connectivity index (χ2v) is 37.8. The molecule has 8 aromatic carbocycles. The zero-order valence-electron chi connectivity index (χ0n) is 69.5. The molecule has 6 saturated carbocycles. The number of hydrogen-bond donors (Lipinski definition) is 4. The van der Waals surface area contributed by atoms with Gasteiger partial charge in [-0.2, -0.15) is 28.8 Å². The van der Waals surface area contributed by atoms with Gasteiger partial charge in [-0.25, -0.2) is 29.9 Å². The van der Waals surface area contributed by atoms with E-state index in [1.807, 2.05) is 153 Å². The molecule has 8 aliphatic rings. The highest BCUT2D eigenvalue weighted by Crippen LogP contribution is 2.64. The van der Waals surface area contributed by atoms with Gasteiger partial charge in [0.25, 0.3) is 23.6 Å². The number of aryl methyl sites for hydroxylation is 3. The summed E-state index contributed by atoms with van der Waals surface area (Å²) in [6.07, 6.45) is 14.2. The predicted molar refractivity (Wildman–Crippen MR) is 491 cm³/mol. The standard InChI is InChI=1S/C37H28BrN5O3.C37H29N5O3.C29H26BrN5O/c1-21-30(38)33-39-18-24-17-29(22-7-3-2-4-8-22)31(40-32(24)43(33)41-21)23-11-13-25(14-12-23)36(19-37(46,20-36)26-15-16-26)42-34(44)27-9-5-6-10-28(27)35(42)45;1-22-17-31-38-19-25-18-30(23-7-3-2-4-8-23)32(39-33(25)42(31)40-22)24-11-13-26(14-12-24)36(20-37(45,21-36)27-15-16-27)41-34(43)28-9-5-6-10-29(28)35(41)44;1-17-24(30)27-32-14-20-13-23(18-5-3-2-4-6-18)25(33-26(20)35(27)34-17)19-7-9-21(10-8-19)28(31)15-29(36,16-28)22-11-12-22/h2-14,17-18,26,46H,15-16,19-20H2,1H3;2-14,17-19,27,45H,15-16,20-21H2,1H3;2-10,13-14,22,36H,11-12,15-16,31H2,1H3. The van der Waals surface area contributed by atoms with E-state index in [0.29, 0.717) is 83.6 Å². The van der Waals surface area contributed by atoms with E-state index in [9.17, 15) is 34.5 Å². The number of amides is 4. The van der Waals surface area contributed by atoms with Crippen molar-refractivity contribution in [1.29, 1.82) is 0 Å². The van der Waals surface area contributed by atoms with Gasteiger partial charge in [-0.3, -0.25) is 29.0 Å². The Balaban J connectivity index is 0.000000110. The van der Waals surface area contributed by atoms with E-state index in [0.717, 1.165) is 181 Å². The van der Waals surface area contributed by atoms with Crippen molar-refractivity contribution in [2.75, 3.05) is 0 Å². The Bertz CT molecular complexity index is 7410. The molecule has 9 aromatic heterocycles. The van der Waals surface area contributed by atoms with Crippen LogP contribution in [0.3, 0.4) is 0 Å². The third-order valence-corrected chi connectivity index (χ3v) is 29.8. The summed E-state index contributed by atoms with van der Waals surface area (Å²) in [7, 11) is 0. The first kappa shape index (κ1) is 78.6. The zero-order chi connectivity index (χ0) is 86.5. The van der Waals surface area contributed by atoms with Crippen LogP contribution < -0.4 is 5.73 Å². The molecule has 22 nitrogen and oxygen atoms in total. The van der Waals surface area contributed by atoms with Crippen molar-refractivity contribution in [2.24, 2.45) is 23.5 Å². The Morgan fingerprint density at radius 2 is 0.646 bits per heavy atom. The number of nitrogens with zero attached hydrogens (tertiary/aromatic N) is 14. The van der Waals surface area contributed by atoms with Crippen molar-refractivity contribution in [2.45, 2.75) is 131 Å². The number of nitrogens with two attached hydrogens (primary N) is 1. The van der Waals surface area contributed by atoms with Crippen molar-refractivity contribution >= 4 is 106 Å². The fraction of sp³-hybridized carbons (Fsp3) is 0.233. The van der Waals surface area contributed by atoms with Crippen LogP contribution in [0, 0.1) is 38.5 Å². The van der Waals surface area contributed by atoms with Crippen molar-refractivity contribution in [3.8, 4) is 67.2 Å². The second kappa shape index (κ2) is 29.0. The number of hydrogen-bond acceptors (Lipinski definition) is 17. The van der Waals surface area contributed by atoms with Gasteiger partial charge >= 0.3 is 0 Å². The van der Waals surface area contributed by atoms with Gasteiger partial charge in [-0.05, 0) is 198 Å².